The molecule has 3 aromatic rings. The van der Waals surface area contributed by atoms with E-state index in [1.807, 2.05) is 19.1 Å². The van der Waals surface area contributed by atoms with Crippen LogP contribution in [0.3, 0.4) is 0 Å². The third kappa shape index (κ3) is 4.69. The lowest BCUT2D eigenvalue weighted by atomic mass is 9.92. The number of hydrogen-bond donors (Lipinski definition) is 1. The molecule has 0 aliphatic heterocycles. The molecule has 2 aromatic carbocycles. The molecule has 3 rings (SSSR count). The van der Waals surface area contributed by atoms with Crippen molar-refractivity contribution in [2.75, 3.05) is 5.32 Å². The van der Waals surface area contributed by atoms with Crippen LogP contribution in [0.2, 0.25) is 0 Å². The van der Waals surface area contributed by atoms with Crippen molar-refractivity contribution in [2.45, 2.75) is 46.5 Å². The second kappa shape index (κ2) is 8.88. The topological polar surface area (TPSA) is 24.9 Å². The monoisotopic (exact) mass is 370 g/mol. The first-order valence-corrected chi connectivity index (χ1v) is 10.1. The molecule has 0 unspecified atom stereocenters. The summed E-state index contributed by atoms with van der Waals surface area (Å²) in [6, 6.07) is 23.2. The Bertz CT molecular complexity index is 927. The fraction of sp³-hybridized carbons (Fsp3) is 0.269. The van der Waals surface area contributed by atoms with Crippen LogP contribution in [-0.2, 0) is 0 Å². The smallest absolute Gasteiger partial charge is 0.0653 e. The van der Waals surface area contributed by atoms with Crippen LogP contribution in [0.5, 0.6) is 0 Å². The SMILES string of the molecule is Cc1cccc(/C=C(/Nc2c(C(C)C)cccc2C(C)C)c2ccccc2)n1. The summed E-state index contributed by atoms with van der Waals surface area (Å²) in [6.07, 6.45) is 2.14. The van der Waals surface area contributed by atoms with Gasteiger partial charge in [-0.2, -0.15) is 0 Å². The van der Waals surface area contributed by atoms with Crippen molar-refractivity contribution >= 4 is 17.5 Å². The van der Waals surface area contributed by atoms with Gasteiger partial charge in [0, 0.05) is 17.1 Å². The molecule has 0 fully saturated rings. The van der Waals surface area contributed by atoms with Crippen LogP contribution in [0.1, 0.15) is 67.6 Å². The Hall–Kier alpha value is -2.87. The van der Waals surface area contributed by atoms with E-state index >= 15 is 0 Å². The summed E-state index contributed by atoms with van der Waals surface area (Å²) in [7, 11) is 0. The van der Waals surface area contributed by atoms with Gasteiger partial charge in [-0.1, -0.05) is 82.3 Å². The molecule has 0 saturated carbocycles. The van der Waals surface area contributed by atoms with E-state index in [1.54, 1.807) is 0 Å². The van der Waals surface area contributed by atoms with E-state index < -0.39 is 0 Å². The third-order valence-corrected chi connectivity index (χ3v) is 4.92. The fourth-order valence-corrected chi connectivity index (χ4v) is 3.43. The molecule has 2 heteroatoms. The molecular weight excluding hydrogens is 340 g/mol. The highest BCUT2D eigenvalue weighted by molar-refractivity contribution is 5.89. The summed E-state index contributed by atoms with van der Waals surface area (Å²) in [5.74, 6) is 0.880. The first kappa shape index (κ1) is 19.9. The summed E-state index contributed by atoms with van der Waals surface area (Å²) in [6.45, 7) is 11.0. The minimum absolute atomic E-state index is 0.440. The van der Waals surface area contributed by atoms with Gasteiger partial charge in [-0.3, -0.25) is 4.98 Å². The Morgan fingerprint density at radius 2 is 1.39 bits per heavy atom. The number of nitrogens with zero attached hydrogens (tertiary/aromatic N) is 1. The molecule has 0 spiro atoms. The molecule has 0 saturated heterocycles. The van der Waals surface area contributed by atoms with Gasteiger partial charge in [-0.15, -0.1) is 0 Å². The molecule has 0 radical (unpaired) electrons. The number of hydrogen-bond acceptors (Lipinski definition) is 2. The molecule has 1 aromatic heterocycles. The number of aromatic nitrogens is 1. The first-order valence-electron chi connectivity index (χ1n) is 10.1. The molecule has 0 amide bonds. The van der Waals surface area contributed by atoms with Gasteiger partial charge in [0.1, 0.15) is 0 Å². The van der Waals surface area contributed by atoms with Crippen LogP contribution < -0.4 is 5.32 Å². The van der Waals surface area contributed by atoms with Crippen molar-refractivity contribution in [3.63, 3.8) is 0 Å². The van der Waals surface area contributed by atoms with Gasteiger partial charge in [0.2, 0.25) is 0 Å². The van der Waals surface area contributed by atoms with Gasteiger partial charge < -0.3 is 5.32 Å². The van der Waals surface area contributed by atoms with Crippen LogP contribution in [0, 0.1) is 6.92 Å². The number of anilines is 1. The number of aryl methyl sites for hydroxylation is 1. The van der Waals surface area contributed by atoms with Crippen molar-refractivity contribution in [1.82, 2.24) is 4.98 Å². The van der Waals surface area contributed by atoms with E-state index in [4.69, 9.17) is 0 Å². The predicted octanol–water partition coefficient (Wildman–Crippen LogP) is 7.25. The molecule has 144 valence electrons. The molecule has 1 N–H and O–H groups in total. The lowest BCUT2D eigenvalue weighted by molar-refractivity contribution is 0.838. The van der Waals surface area contributed by atoms with Crippen molar-refractivity contribution in [3.05, 3.63) is 94.8 Å². The zero-order chi connectivity index (χ0) is 20.1. The highest BCUT2D eigenvalue weighted by atomic mass is 14.9. The molecular formula is C26H30N2. The third-order valence-electron chi connectivity index (χ3n) is 4.92. The van der Waals surface area contributed by atoms with E-state index in [1.165, 1.54) is 16.8 Å². The van der Waals surface area contributed by atoms with Gasteiger partial charge in [0.25, 0.3) is 0 Å². The second-order valence-electron chi connectivity index (χ2n) is 7.87. The van der Waals surface area contributed by atoms with Crippen LogP contribution in [0.4, 0.5) is 5.69 Å². The van der Waals surface area contributed by atoms with E-state index in [2.05, 4.69) is 98.7 Å². The predicted molar refractivity (Wildman–Crippen MR) is 122 cm³/mol. The quantitative estimate of drug-likeness (QED) is 0.494. The summed E-state index contributed by atoms with van der Waals surface area (Å²) in [4.78, 5) is 4.68. The maximum absolute atomic E-state index is 4.68. The second-order valence-corrected chi connectivity index (χ2v) is 7.87. The Morgan fingerprint density at radius 1 is 0.786 bits per heavy atom. The van der Waals surface area contributed by atoms with Gasteiger partial charge in [-0.25, -0.2) is 0 Å². The van der Waals surface area contributed by atoms with Crippen molar-refractivity contribution < 1.29 is 0 Å². The van der Waals surface area contributed by atoms with E-state index in [0.29, 0.717) is 11.8 Å². The largest absolute Gasteiger partial charge is 0.355 e. The Labute approximate surface area is 169 Å². The Balaban J connectivity index is 2.14. The standard InChI is InChI=1S/C26H30N2/c1-18(2)23-15-10-16-24(19(3)4)26(23)28-25(21-12-7-6-8-13-21)17-22-14-9-11-20(5)27-22/h6-19,28H,1-5H3/b25-17+. The maximum Gasteiger partial charge on any atom is 0.0653 e. The minimum atomic E-state index is 0.440. The summed E-state index contributed by atoms with van der Waals surface area (Å²) in [5.41, 5.74) is 8.09. The van der Waals surface area contributed by atoms with Crippen molar-refractivity contribution in [2.24, 2.45) is 0 Å². The number of rotatable bonds is 6. The van der Waals surface area contributed by atoms with Gasteiger partial charge >= 0.3 is 0 Å². The molecule has 1 heterocycles. The van der Waals surface area contributed by atoms with Crippen molar-refractivity contribution in [1.29, 1.82) is 0 Å². The highest BCUT2D eigenvalue weighted by Crippen LogP contribution is 2.35. The summed E-state index contributed by atoms with van der Waals surface area (Å²) >= 11 is 0. The van der Waals surface area contributed by atoms with E-state index in [0.717, 1.165) is 22.6 Å². The van der Waals surface area contributed by atoms with E-state index in [9.17, 15) is 0 Å². The lowest BCUT2D eigenvalue weighted by Gasteiger charge is -2.22. The van der Waals surface area contributed by atoms with Crippen LogP contribution in [0.25, 0.3) is 11.8 Å². The van der Waals surface area contributed by atoms with Crippen LogP contribution in [0.15, 0.2) is 66.7 Å². The zero-order valence-electron chi connectivity index (χ0n) is 17.5. The molecule has 0 aliphatic carbocycles. The number of benzene rings is 2. The van der Waals surface area contributed by atoms with Crippen molar-refractivity contribution in [3.8, 4) is 0 Å². The Morgan fingerprint density at radius 3 is 1.96 bits per heavy atom. The van der Waals surface area contributed by atoms with Gasteiger partial charge in [0.05, 0.1) is 5.69 Å². The molecule has 2 nitrogen and oxygen atoms in total. The van der Waals surface area contributed by atoms with Gasteiger partial charge in [0.15, 0.2) is 0 Å². The first-order chi connectivity index (χ1) is 13.5. The average Bonchev–Trinajstić information content (AvgIpc) is 2.68. The number of para-hydroxylation sites is 1. The maximum atomic E-state index is 4.68. The molecule has 0 atom stereocenters. The molecule has 0 bridgehead atoms. The molecule has 28 heavy (non-hydrogen) atoms. The van der Waals surface area contributed by atoms with Crippen LogP contribution in [-0.4, -0.2) is 4.98 Å². The normalized spacial score (nSPS) is 11.9. The summed E-state index contributed by atoms with van der Waals surface area (Å²) < 4.78 is 0. The fourth-order valence-electron chi connectivity index (χ4n) is 3.43. The lowest BCUT2D eigenvalue weighted by Crippen LogP contribution is -2.07. The minimum Gasteiger partial charge on any atom is -0.355 e. The molecule has 0 aliphatic rings. The van der Waals surface area contributed by atoms with E-state index in [-0.39, 0.29) is 0 Å². The van der Waals surface area contributed by atoms with Crippen LogP contribution >= 0.6 is 0 Å². The average molecular weight is 371 g/mol. The number of pyridine rings is 1. The number of nitrogens with one attached hydrogen (secondary N) is 1. The highest BCUT2D eigenvalue weighted by Gasteiger charge is 2.15. The van der Waals surface area contributed by atoms with Gasteiger partial charge in [-0.05, 0) is 53.7 Å². The summed E-state index contributed by atoms with van der Waals surface area (Å²) in [5, 5.41) is 3.78. The zero-order valence-corrected chi connectivity index (χ0v) is 17.5. The Kier molecular flexibility index (Phi) is 6.30.